The van der Waals surface area contributed by atoms with Crippen LogP contribution >= 0.6 is 11.3 Å². The molecule has 0 aliphatic heterocycles. The summed E-state index contributed by atoms with van der Waals surface area (Å²) in [5.74, 6) is -0.368. The summed E-state index contributed by atoms with van der Waals surface area (Å²) < 4.78 is 5.80. The fourth-order valence-corrected chi connectivity index (χ4v) is 3.14. The molecule has 0 spiro atoms. The Morgan fingerprint density at radius 3 is 2.72 bits per heavy atom. The van der Waals surface area contributed by atoms with E-state index in [9.17, 15) is 9.59 Å². The SMILES string of the molecule is CCOC(=O)c1ccc2nc(NC(=O)NCc3ccccc3)sc2c1. The maximum absolute atomic E-state index is 12.0. The minimum absolute atomic E-state index is 0.325. The van der Waals surface area contributed by atoms with Crippen LogP contribution < -0.4 is 10.6 Å². The molecule has 128 valence electrons. The average molecular weight is 355 g/mol. The highest BCUT2D eigenvalue weighted by molar-refractivity contribution is 7.22. The van der Waals surface area contributed by atoms with E-state index in [2.05, 4.69) is 15.6 Å². The number of carbonyl (C=O) groups excluding carboxylic acids is 2. The van der Waals surface area contributed by atoms with Crippen LogP contribution in [0.3, 0.4) is 0 Å². The highest BCUT2D eigenvalue weighted by Crippen LogP contribution is 2.27. The van der Waals surface area contributed by atoms with Crippen molar-refractivity contribution in [3.8, 4) is 0 Å². The molecule has 0 saturated carbocycles. The second kappa shape index (κ2) is 7.76. The van der Waals surface area contributed by atoms with Gasteiger partial charge in [0.15, 0.2) is 5.13 Å². The molecule has 3 aromatic rings. The summed E-state index contributed by atoms with van der Waals surface area (Å²) in [6.07, 6.45) is 0. The zero-order valence-corrected chi connectivity index (χ0v) is 14.4. The quantitative estimate of drug-likeness (QED) is 0.682. The number of nitrogens with one attached hydrogen (secondary N) is 2. The van der Waals surface area contributed by atoms with Crippen LogP contribution in [0.25, 0.3) is 10.2 Å². The Labute approximate surface area is 148 Å². The molecule has 3 rings (SSSR count). The van der Waals surface area contributed by atoms with Crippen molar-refractivity contribution >= 4 is 38.7 Å². The van der Waals surface area contributed by atoms with Crippen LogP contribution in [0.15, 0.2) is 48.5 Å². The lowest BCUT2D eigenvalue weighted by molar-refractivity contribution is 0.0526. The van der Waals surface area contributed by atoms with Gasteiger partial charge < -0.3 is 10.1 Å². The van der Waals surface area contributed by atoms with Crippen LogP contribution in [0.2, 0.25) is 0 Å². The van der Waals surface area contributed by atoms with E-state index in [1.165, 1.54) is 11.3 Å². The number of carbonyl (C=O) groups is 2. The number of nitrogens with zero attached hydrogens (tertiary/aromatic N) is 1. The van der Waals surface area contributed by atoms with Crippen molar-refractivity contribution in [1.29, 1.82) is 0 Å². The summed E-state index contributed by atoms with van der Waals surface area (Å²) >= 11 is 1.31. The van der Waals surface area contributed by atoms with Gasteiger partial charge in [-0.1, -0.05) is 41.7 Å². The molecule has 0 aliphatic carbocycles. The highest BCUT2D eigenvalue weighted by Gasteiger charge is 2.11. The minimum Gasteiger partial charge on any atom is -0.462 e. The predicted octanol–water partition coefficient (Wildman–Crippen LogP) is 3.79. The molecule has 7 heteroatoms. The third-order valence-corrected chi connectivity index (χ3v) is 4.35. The molecule has 0 bridgehead atoms. The van der Waals surface area contributed by atoms with Gasteiger partial charge in [0, 0.05) is 6.54 Å². The van der Waals surface area contributed by atoms with Crippen LogP contribution in [0.1, 0.15) is 22.8 Å². The zero-order valence-electron chi connectivity index (χ0n) is 13.6. The maximum Gasteiger partial charge on any atom is 0.338 e. The van der Waals surface area contributed by atoms with E-state index in [1.54, 1.807) is 25.1 Å². The number of amides is 2. The third kappa shape index (κ3) is 4.33. The summed E-state index contributed by atoms with van der Waals surface area (Å²) in [7, 11) is 0. The number of thiazole rings is 1. The number of hydrogen-bond donors (Lipinski definition) is 2. The number of esters is 1. The van der Waals surface area contributed by atoms with Gasteiger partial charge in [-0.05, 0) is 30.7 Å². The normalized spacial score (nSPS) is 10.4. The topological polar surface area (TPSA) is 80.3 Å². The lowest BCUT2D eigenvalue weighted by Gasteiger charge is -2.04. The molecule has 0 aliphatic rings. The Kier molecular flexibility index (Phi) is 5.25. The van der Waals surface area contributed by atoms with Crippen LogP contribution in [-0.2, 0) is 11.3 Å². The summed E-state index contributed by atoms with van der Waals surface area (Å²) in [4.78, 5) is 28.1. The van der Waals surface area contributed by atoms with Gasteiger partial charge >= 0.3 is 12.0 Å². The lowest BCUT2D eigenvalue weighted by atomic mass is 10.2. The largest absolute Gasteiger partial charge is 0.462 e. The van der Waals surface area contributed by atoms with Crippen molar-refractivity contribution in [2.45, 2.75) is 13.5 Å². The molecule has 1 aromatic heterocycles. The summed E-state index contributed by atoms with van der Waals surface area (Å²) in [6.45, 7) is 2.53. The van der Waals surface area contributed by atoms with Crippen molar-refractivity contribution in [3.05, 3.63) is 59.7 Å². The molecule has 25 heavy (non-hydrogen) atoms. The van der Waals surface area contributed by atoms with Gasteiger partial charge in [0.05, 0.1) is 22.4 Å². The zero-order chi connectivity index (χ0) is 17.6. The Morgan fingerprint density at radius 1 is 1.16 bits per heavy atom. The first-order valence-corrected chi connectivity index (χ1v) is 8.64. The molecular weight excluding hydrogens is 338 g/mol. The van der Waals surface area contributed by atoms with Gasteiger partial charge in [-0.25, -0.2) is 14.6 Å². The molecule has 0 radical (unpaired) electrons. The van der Waals surface area contributed by atoms with E-state index in [0.29, 0.717) is 23.8 Å². The summed E-state index contributed by atoms with van der Waals surface area (Å²) in [6, 6.07) is 14.4. The van der Waals surface area contributed by atoms with E-state index in [0.717, 1.165) is 15.8 Å². The van der Waals surface area contributed by atoms with Gasteiger partial charge in [-0.2, -0.15) is 0 Å². The van der Waals surface area contributed by atoms with Crippen molar-refractivity contribution < 1.29 is 14.3 Å². The first-order valence-electron chi connectivity index (χ1n) is 7.82. The fraction of sp³-hybridized carbons (Fsp3) is 0.167. The molecule has 1 heterocycles. The maximum atomic E-state index is 12.0. The number of fused-ring (bicyclic) bond motifs is 1. The summed E-state index contributed by atoms with van der Waals surface area (Å²) in [5, 5.41) is 5.97. The van der Waals surface area contributed by atoms with Crippen LogP contribution in [-0.4, -0.2) is 23.6 Å². The molecule has 0 atom stereocenters. The summed E-state index contributed by atoms with van der Waals surface area (Å²) in [5.41, 5.74) is 2.20. The predicted molar refractivity (Wildman–Crippen MR) is 97.9 cm³/mol. The van der Waals surface area contributed by atoms with E-state index in [4.69, 9.17) is 4.74 Å². The average Bonchev–Trinajstić information content (AvgIpc) is 3.02. The Balaban J connectivity index is 1.65. The third-order valence-electron chi connectivity index (χ3n) is 3.42. The monoisotopic (exact) mass is 355 g/mol. The van der Waals surface area contributed by atoms with Gasteiger partial charge in [0.2, 0.25) is 0 Å². The Morgan fingerprint density at radius 2 is 1.96 bits per heavy atom. The van der Waals surface area contributed by atoms with E-state index < -0.39 is 0 Å². The molecule has 0 saturated heterocycles. The molecule has 2 amide bonds. The number of hydrogen-bond acceptors (Lipinski definition) is 5. The number of ether oxygens (including phenoxy) is 1. The number of urea groups is 1. The first kappa shape index (κ1) is 16.9. The van der Waals surface area contributed by atoms with Crippen LogP contribution in [0, 0.1) is 0 Å². The molecule has 2 aromatic carbocycles. The first-order chi connectivity index (χ1) is 12.2. The Hall–Kier alpha value is -2.93. The molecule has 6 nitrogen and oxygen atoms in total. The van der Waals surface area contributed by atoms with Crippen molar-refractivity contribution in [1.82, 2.24) is 10.3 Å². The Bertz CT molecular complexity index is 893. The van der Waals surface area contributed by atoms with Crippen molar-refractivity contribution in [2.24, 2.45) is 0 Å². The van der Waals surface area contributed by atoms with Gasteiger partial charge in [-0.3, -0.25) is 5.32 Å². The molecule has 2 N–H and O–H groups in total. The van der Waals surface area contributed by atoms with E-state index in [-0.39, 0.29) is 12.0 Å². The minimum atomic E-state index is -0.368. The van der Waals surface area contributed by atoms with Crippen molar-refractivity contribution in [3.63, 3.8) is 0 Å². The smallest absolute Gasteiger partial charge is 0.338 e. The number of anilines is 1. The molecule has 0 fully saturated rings. The number of benzene rings is 2. The van der Waals surface area contributed by atoms with E-state index in [1.807, 2.05) is 30.3 Å². The number of aromatic nitrogens is 1. The van der Waals surface area contributed by atoms with Crippen molar-refractivity contribution in [2.75, 3.05) is 11.9 Å². The second-order valence-electron chi connectivity index (χ2n) is 5.22. The van der Waals surface area contributed by atoms with Crippen LogP contribution in [0.5, 0.6) is 0 Å². The van der Waals surface area contributed by atoms with Gasteiger partial charge in [0.1, 0.15) is 0 Å². The van der Waals surface area contributed by atoms with Gasteiger partial charge in [0.25, 0.3) is 0 Å². The fourth-order valence-electron chi connectivity index (χ4n) is 2.24. The van der Waals surface area contributed by atoms with E-state index >= 15 is 0 Å². The van der Waals surface area contributed by atoms with Crippen LogP contribution in [0.4, 0.5) is 9.93 Å². The lowest BCUT2D eigenvalue weighted by Crippen LogP contribution is -2.28. The highest BCUT2D eigenvalue weighted by atomic mass is 32.1. The number of rotatable bonds is 5. The standard InChI is InChI=1S/C18H17N3O3S/c1-2-24-16(22)13-8-9-14-15(10-13)25-18(20-14)21-17(23)19-11-12-6-4-3-5-7-12/h3-10H,2,11H2,1H3,(H2,19,20,21,23). The molecule has 0 unspecified atom stereocenters. The second-order valence-corrected chi connectivity index (χ2v) is 6.25. The van der Waals surface area contributed by atoms with Gasteiger partial charge in [-0.15, -0.1) is 0 Å². The molecular formula is C18H17N3O3S.